The fourth-order valence-electron chi connectivity index (χ4n) is 6.06. The van der Waals surface area contributed by atoms with Crippen LogP contribution < -0.4 is 5.32 Å². The number of unbranched alkanes of at least 4 members (excludes halogenated alkanes) is 23. The Labute approximate surface area is 309 Å². The van der Waals surface area contributed by atoms with Gasteiger partial charge in [-0.15, -0.1) is 0 Å². The molecule has 1 amide bonds. The van der Waals surface area contributed by atoms with Crippen LogP contribution in [0.25, 0.3) is 0 Å². The molecule has 0 fully saturated rings. The van der Waals surface area contributed by atoms with Crippen molar-refractivity contribution in [3.05, 3.63) is 48.6 Å². The van der Waals surface area contributed by atoms with Gasteiger partial charge in [-0.1, -0.05) is 172 Å². The molecule has 0 aromatic carbocycles. The largest absolute Gasteiger partial charge is 0.387 e. The Kier molecular flexibility index (Phi) is 35.8. The van der Waals surface area contributed by atoms with Crippen molar-refractivity contribution in [2.45, 2.75) is 212 Å². The SMILES string of the molecule is CCCCCCCCC/C=C\CCCCCCCC(=O)NC(CS(=O)(=O)O)C(O)/C=C/CC/C=C/CC/C=C/CCCCCCCCCCC. The van der Waals surface area contributed by atoms with E-state index in [1.165, 1.54) is 122 Å². The standard InChI is InChI=1S/C43H79NO5S/c1-3-5-7-9-11-13-15-17-19-21-22-23-24-26-28-30-32-34-36-38-42(45)41(40-50(47,48)49)44-43(46)39-37-35-33-31-29-27-25-20-18-16-14-12-10-8-6-4-2/h20,22-23,25,28,30,36,38,41-42,45H,3-19,21,24,26-27,29,31-35,37,39-40H2,1-2H3,(H,44,46)(H,47,48,49)/b23-22+,25-20-,30-28+,38-36+. The van der Waals surface area contributed by atoms with Crippen molar-refractivity contribution in [2.75, 3.05) is 5.75 Å². The topological polar surface area (TPSA) is 104 Å². The quantitative estimate of drug-likeness (QED) is 0.0336. The summed E-state index contributed by atoms with van der Waals surface area (Å²) in [6.07, 6.45) is 49.5. The summed E-state index contributed by atoms with van der Waals surface area (Å²) in [7, 11) is -4.36. The van der Waals surface area contributed by atoms with Gasteiger partial charge in [0.25, 0.3) is 10.1 Å². The minimum Gasteiger partial charge on any atom is -0.387 e. The molecule has 0 rings (SSSR count). The monoisotopic (exact) mass is 722 g/mol. The molecule has 0 aliphatic carbocycles. The molecule has 0 aliphatic heterocycles. The summed E-state index contributed by atoms with van der Waals surface area (Å²) in [4.78, 5) is 12.5. The van der Waals surface area contributed by atoms with Gasteiger partial charge in [0.1, 0.15) is 0 Å². The Bertz CT molecular complexity index is 972. The summed E-state index contributed by atoms with van der Waals surface area (Å²) >= 11 is 0. The summed E-state index contributed by atoms with van der Waals surface area (Å²) < 4.78 is 32.5. The Morgan fingerprint density at radius 2 is 0.860 bits per heavy atom. The third kappa shape index (κ3) is 37.6. The fraction of sp³-hybridized carbons (Fsp3) is 0.791. The number of hydrogen-bond donors (Lipinski definition) is 3. The van der Waals surface area contributed by atoms with Gasteiger partial charge in [-0.2, -0.15) is 8.42 Å². The maximum Gasteiger partial charge on any atom is 0.267 e. The summed E-state index contributed by atoms with van der Waals surface area (Å²) in [5, 5.41) is 13.2. The molecule has 2 atom stereocenters. The van der Waals surface area contributed by atoms with Crippen LogP contribution in [0.4, 0.5) is 0 Å². The predicted octanol–water partition coefficient (Wildman–Crippen LogP) is 12.3. The molecular weight excluding hydrogens is 643 g/mol. The summed E-state index contributed by atoms with van der Waals surface area (Å²) in [5.74, 6) is -1.02. The van der Waals surface area contributed by atoms with Crippen LogP contribution in [0.2, 0.25) is 0 Å². The molecule has 0 saturated carbocycles. The van der Waals surface area contributed by atoms with E-state index in [4.69, 9.17) is 0 Å². The van der Waals surface area contributed by atoms with Crippen molar-refractivity contribution in [2.24, 2.45) is 0 Å². The lowest BCUT2D eigenvalue weighted by Crippen LogP contribution is -2.46. The molecule has 0 aromatic heterocycles. The van der Waals surface area contributed by atoms with Crippen molar-refractivity contribution in [3.8, 4) is 0 Å². The summed E-state index contributed by atoms with van der Waals surface area (Å²) in [6, 6.07) is -1.08. The molecule has 0 aliphatic rings. The highest BCUT2D eigenvalue weighted by Gasteiger charge is 2.24. The van der Waals surface area contributed by atoms with E-state index in [2.05, 4.69) is 55.6 Å². The van der Waals surface area contributed by atoms with Crippen LogP contribution in [0, 0.1) is 0 Å². The first-order valence-corrected chi connectivity index (χ1v) is 22.4. The number of hydrogen-bond acceptors (Lipinski definition) is 4. The average Bonchev–Trinajstić information content (AvgIpc) is 3.08. The lowest BCUT2D eigenvalue weighted by Gasteiger charge is -2.21. The van der Waals surface area contributed by atoms with Crippen molar-refractivity contribution in [1.82, 2.24) is 5.32 Å². The van der Waals surface area contributed by atoms with E-state index >= 15 is 0 Å². The molecule has 7 heteroatoms. The first-order chi connectivity index (χ1) is 24.3. The van der Waals surface area contributed by atoms with Gasteiger partial charge in [-0.3, -0.25) is 9.35 Å². The van der Waals surface area contributed by atoms with Gasteiger partial charge in [0.05, 0.1) is 17.9 Å². The first kappa shape index (κ1) is 48.3. The van der Waals surface area contributed by atoms with Crippen molar-refractivity contribution >= 4 is 16.0 Å². The normalized spacial score (nSPS) is 13.8. The van der Waals surface area contributed by atoms with Crippen LogP contribution >= 0.6 is 0 Å². The van der Waals surface area contributed by atoms with E-state index in [1.807, 2.05) is 0 Å². The molecule has 0 heterocycles. The Balaban J connectivity index is 4.02. The number of carbonyl (C=O) groups excluding carboxylic acids is 1. The number of amides is 1. The lowest BCUT2D eigenvalue weighted by molar-refractivity contribution is -0.122. The molecule has 0 spiro atoms. The maximum atomic E-state index is 12.5. The van der Waals surface area contributed by atoms with E-state index < -0.39 is 28.0 Å². The third-order valence-corrected chi connectivity index (χ3v) is 9.99. The maximum absolute atomic E-state index is 12.5. The molecule has 292 valence electrons. The molecule has 0 bridgehead atoms. The van der Waals surface area contributed by atoms with Gasteiger partial charge in [0.15, 0.2) is 0 Å². The van der Waals surface area contributed by atoms with Crippen LogP contribution in [0.1, 0.15) is 200 Å². The van der Waals surface area contributed by atoms with Gasteiger partial charge in [-0.25, -0.2) is 0 Å². The second-order valence-corrected chi connectivity index (χ2v) is 15.7. The predicted molar refractivity (Wildman–Crippen MR) is 216 cm³/mol. The molecule has 50 heavy (non-hydrogen) atoms. The molecular formula is C43H79NO5S. The van der Waals surface area contributed by atoms with Crippen LogP contribution in [0.5, 0.6) is 0 Å². The van der Waals surface area contributed by atoms with Gasteiger partial charge >= 0.3 is 0 Å². The van der Waals surface area contributed by atoms with Crippen LogP contribution in [-0.4, -0.2) is 41.9 Å². The van der Waals surface area contributed by atoms with Crippen LogP contribution in [-0.2, 0) is 14.9 Å². The van der Waals surface area contributed by atoms with E-state index in [0.717, 1.165) is 51.4 Å². The molecule has 0 saturated heterocycles. The number of allylic oxidation sites excluding steroid dienone is 7. The number of aliphatic hydroxyl groups excluding tert-OH is 1. The van der Waals surface area contributed by atoms with Crippen LogP contribution in [0.15, 0.2) is 48.6 Å². The number of aliphatic hydroxyl groups is 1. The molecule has 6 nitrogen and oxygen atoms in total. The lowest BCUT2D eigenvalue weighted by atomic mass is 10.1. The third-order valence-electron chi connectivity index (χ3n) is 9.21. The molecule has 3 N–H and O–H groups in total. The smallest absolute Gasteiger partial charge is 0.267 e. The molecule has 0 aromatic rings. The van der Waals surface area contributed by atoms with E-state index in [0.29, 0.717) is 12.8 Å². The van der Waals surface area contributed by atoms with Crippen molar-refractivity contribution in [1.29, 1.82) is 0 Å². The Hall–Kier alpha value is -1.70. The van der Waals surface area contributed by atoms with E-state index in [-0.39, 0.29) is 12.3 Å². The zero-order valence-corrected chi connectivity index (χ0v) is 33.3. The Morgan fingerprint density at radius 1 is 0.520 bits per heavy atom. The van der Waals surface area contributed by atoms with E-state index in [9.17, 15) is 22.9 Å². The first-order valence-electron chi connectivity index (χ1n) is 20.8. The number of nitrogens with one attached hydrogen (secondary N) is 1. The highest BCUT2D eigenvalue weighted by atomic mass is 32.2. The molecule has 0 radical (unpaired) electrons. The highest BCUT2D eigenvalue weighted by Crippen LogP contribution is 2.13. The zero-order chi connectivity index (χ0) is 36.8. The van der Waals surface area contributed by atoms with Crippen LogP contribution in [0.3, 0.4) is 0 Å². The minimum absolute atomic E-state index is 0.274. The number of rotatable bonds is 37. The summed E-state index contributed by atoms with van der Waals surface area (Å²) in [6.45, 7) is 4.52. The van der Waals surface area contributed by atoms with Crippen molar-refractivity contribution in [3.63, 3.8) is 0 Å². The summed E-state index contributed by atoms with van der Waals surface area (Å²) in [5.41, 5.74) is 0. The zero-order valence-electron chi connectivity index (χ0n) is 32.5. The van der Waals surface area contributed by atoms with Gasteiger partial charge in [0, 0.05) is 6.42 Å². The second kappa shape index (κ2) is 37.1. The fourth-order valence-corrected chi connectivity index (χ4v) is 6.80. The van der Waals surface area contributed by atoms with E-state index in [1.54, 1.807) is 6.08 Å². The Morgan fingerprint density at radius 3 is 1.26 bits per heavy atom. The highest BCUT2D eigenvalue weighted by molar-refractivity contribution is 7.85. The number of carbonyl (C=O) groups is 1. The van der Waals surface area contributed by atoms with Gasteiger partial charge in [0.2, 0.25) is 5.91 Å². The van der Waals surface area contributed by atoms with Gasteiger partial charge in [-0.05, 0) is 70.6 Å². The average molecular weight is 722 g/mol. The second-order valence-electron chi connectivity index (χ2n) is 14.2. The van der Waals surface area contributed by atoms with Crippen molar-refractivity contribution < 1.29 is 22.9 Å². The molecule has 2 unspecified atom stereocenters. The minimum atomic E-state index is -4.36. The van der Waals surface area contributed by atoms with Gasteiger partial charge < -0.3 is 10.4 Å².